The van der Waals surface area contributed by atoms with E-state index in [1.807, 2.05) is 20.8 Å². The van der Waals surface area contributed by atoms with Crippen molar-refractivity contribution in [2.75, 3.05) is 18.8 Å². The quantitative estimate of drug-likeness (QED) is 0.783. The lowest BCUT2D eigenvalue weighted by molar-refractivity contribution is -0.152. The Labute approximate surface area is 122 Å². The maximum absolute atomic E-state index is 12.2. The van der Waals surface area contributed by atoms with Gasteiger partial charge in [-0.1, -0.05) is 27.2 Å². The minimum absolute atomic E-state index is 0.165. The summed E-state index contributed by atoms with van der Waals surface area (Å²) in [6, 6.07) is 0. The summed E-state index contributed by atoms with van der Waals surface area (Å²) in [7, 11) is -3.23. The summed E-state index contributed by atoms with van der Waals surface area (Å²) >= 11 is 0. The van der Waals surface area contributed by atoms with Crippen LogP contribution in [0.15, 0.2) is 0 Å². The average molecular weight is 305 g/mol. The number of aliphatic carboxylic acids is 1. The lowest BCUT2D eigenvalue weighted by Gasteiger charge is -2.38. The predicted octanol–water partition coefficient (Wildman–Crippen LogP) is 2.33. The first-order valence-electron chi connectivity index (χ1n) is 7.45. The van der Waals surface area contributed by atoms with E-state index in [4.69, 9.17) is 0 Å². The van der Waals surface area contributed by atoms with Crippen LogP contribution in [-0.4, -0.2) is 42.6 Å². The van der Waals surface area contributed by atoms with Gasteiger partial charge in [0, 0.05) is 13.1 Å². The van der Waals surface area contributed by atoms with Gasteiger partial charge in [-0.2, -0.15) is 0 Å². The number of sulfonamides is 1. The Kier molecular flexibility index (Phi) is 6.01. The van der Waals surface area contributed by atoms with Gasteiger partial charge in [-0.25, -0.2) is 12.7 Å². The highest BCUT2D eigenvalue weighted by Gasteiger charge is 2.42. The fourth-order valence-corrected chi connectivity index (χ4v) is 4.52. The summed E-state index contributed by atoms with van der Waals surface area (Å²) in [5, 5.41) is 9.42. The molecule has 0 atom stereocenters. The van der Waals surface area contributed by atoms with Crippen molar-refractivity contribution in [3.63, 3.8) is 0 Å². The van der Waals surface area contributed by atoms with E-state index in [1.165, 1.54) is 4.31 Å². The second-order valence-electron chi connectivity index (χ2n) is 6.23. The number of hydrogen-bond acceptors (Lipinski definition) is 3. The van der Waals surface area contributed by atoms with Crippen molar-refractivity contribution in [3.05, 3.63) is 0 Å². The van der Waals surface area contributed by atoms with Crippen LogP contribution in [0, 0.1) is 11.3 Å². The molecule has 1 aliphatic heterocycles. The first-order chi connectivity index (χ1) is 9.23. The molecule has 1 rings (SSSR count). The fraction of sp³-hybridized carbons (Fsp3) is 0.929. The van der Waals surface area contributed by atoms with Crippen LogP contribution in [0.2, 0.25) is 0 Å². The van der Waals surface area contributed by atoms with Gasteiger partial charge in [-0.05, 0) is 31.6 Å². The number of hydrogen-bond donors (Lipinski definition) is 1. The minimum Gasteiger partial charge on any atom is -0.481 e. The molecule has 0 saturated carbocycles. The van der Waals surface area contributed by atoms with E-state index in [2.05, 4.69) is 0 Å². The van der Waals surface area contributed by atoms with E-state index >= 15 is 0 Å². The zero-order chi connectivity index (χ0) is 15.4. The zero-order valence-electron chi connectivity index (χ0n) is 12.8. The van der Waals surface area contributed by atoms with E-state index in [-0.39, 0.29) is 5.75 Å². The molecule has 0 aromatic rings. The lowest BCUT2D eigenvalue weighted by atomic mass is 9.75. The van der Waals surface area contributed by atoms with Crippen LogP contribution in [0.4, 0.5) is 0 Å². The van der Waals surface area contributed by atoms with Gasteiger partial charge in [0.15, 0.2) is 0 Å². The number of piperidine rings is 1. The first kappa shape index (κ1) is 17.4. The summed E-state index contributed by atoms with van der Waals surface area (Å²) in [6.45, 7) is 6.65. The van der Waals surface area contributed by atoms with Gasteiger partial charge in [0.25, 0.3) is 0 Å². The minimum atomic E-state index is -3.23. The van der Waals surface area contributed by atoms with Crippen LogP contribution in [-0.2, 0) is 14.8 Å². The summed E-state index contributed by atoms with van der Waals surface area (Å²) in [4.78, 5) is 11.5. The van der Waals surface area contributed by atoms with Gasteiger partial charge in [0.1, 0.15) is 0 Å². The van der Waals surface area contributed by atoms with Crippen molar-refractivity contribution in [2.45, 2.75) is 52.9 Å². The molecule has 1 saturated heterocycles. The highest BCUT2D eigenvalue weighted by Crippen LogP contribution is 2.37. The molecule has 20 heavy (non-hydrogen) atoms. The van der Waals surface area contributed by atoms with Gasteiger partial charge < -0.3 is 5.11 Å². The standard InChI is InChI=1S/C14H27NO4S/c1-4-6-14(13(16)17)7-9-15(10-8-14)20(18,19)11-5-12(2)3/h12H,4-11H2,1-3H3,(H,16,17). The predicted molar refractivity (Wildman–Crippen MR) is 79.0 cm³/mol. The van der Waals surface area contributed by atoms with Gasteiger partial charge >= 0.3 is 5.97 Å². The van der Waals surface area contributed by atoms with Gasteiger partial charge in [-0.3, -0.25) is 4.79 Å². The Morgan fingerprint density at radius 2 is 1.85 bits per heavy atom. The number of carboxylic acids is 1. The summed E-state index contributed by atoms with van der Waals surface area (Å²) < 4.78 is 25.9. The summed E-state index contributed by atoms with van der Waals surface area (Å²) in [5.41, 5.74) is -0.723. The van der Waals surface area contributed by atoms with Crippen molar-refractivity contribution in [1.82, 2.24) is 4.31 Å². The summed E-state index contributed by atoms with van der Waals surface area (Å²) in [6.07, 6.45) is 2.95. The maximum atomic E-state index is 12.2. The molecule has 1 fully saturated rings. The molecule has 0 aromatic carbocycles. The fourth-order valence-electron chi connectivity index (χ4n) is 2.76. The normalized spacial score (nSPS) is 20.2. The molecule has 0 bridgehead atoms. The summed E-state index contributed by atoms with van der Waals surface area (Å²) in [5.74, 6) is -0.259. The molecule has 0 aliphatic carbocycles. The van der Waals surface area contributed by atoms with E-state index < -0.39 is 21.4 Å². The Morgan fingerprint density at radius 3 is 2.25 bits per heavy atom. The number of rotatable bonds is 7. The third kappa shape index (κ3) is 4.19. The molecule has 0 spiro atoms. The number of nitrogens with zero attached hydrogens (tertiary/aromatic N) is 1. The Bertz CT molecular complexity index is 422. The van der Waals surface area contributed by atoms with Crippen LogP contribution < -0.4 is 0 Å². The zero-order valence-corrected chi connectivity index (χ0v) is 13.6. The molecule has 118 valence electrons. The molecular weight excluding hydrogens is 278 g/mol. The SMILES string of the molecule is CCCC1(C(=O)O)CCN(S(=O)(=O)CCC(C)C)CC1. The molecular formula is C14H27NO4S. The van der Waals surface area contributed by atoms with Crippen LogP contribution in [0.3, 0.4) is 0 Å². The van der Waals surface area contributed by atoms with Crippen LogP contribution in [0.25, 0.3) is 0 Å². The van der Waals surface area contributed by atoms with Crippen molar-refractivity contribution < 1.29 is 18.3 Å². The lowest BCUT2D eigenvalue weighted by Crippen LogP contribution is -2.47. The smallest absolute Gasteiger partial charge is 0.309 e. The second-order valence-corrected chi connectivity index (χ2v) is 8.32. The third-order valence-electron chi connectivity index (χ3n) is 4.21. The average Bonchev–Trinajstić information content (AvgIpc) is 2.37. The van der Waals surface area contributed by atoms with Crippen LogP contribution in [0.1, 0.15) is 52.9 Å². The highest BCUT2D eigenvalue weighted by molar-refractivity contribution is 7.89. The second kappa shape index (κ2) is 6.89. The third-order valence-corrected chi connectivity index (χ3v) is 6.11. The van der Waals surface area contributed by atoms with E-state index in [9.17, 15) is 18.3 Å². The molecule has 0 unspecified atom stereocenters. The van der Waals surface area contributed by atoms with E-state index in [0.29, 0.717) is 44.7 Å². The van der Waals surface area contributed by atoms with Crippen molar-refractivity contribution in [3.8, 4) is 0 Å². The Morgan fingerprint density at radius 1 is 1.30 bits per heavy atom. The molecule has 1 N–H and O–H groups in total. The van der Waals surface area contributed by atoms with Crippen LogP contribution >= 0.6 is 0 Å². The van der Waals surface area contributed by atoms with E-state index in [0.717, 1.165) is 6.42 Å². The molecule has 1 heterocycles. The monoisotopic (exact) mass is 305 g/mol. The molecule has 0 amide bonds. The van der Waals surface area contributed by atoms with Gasteiger partial charge in [0.05, 0.1) is 11.2 Å². The van der Waals surface area contributed by atoms with Crippen molar-refractivity contribution in [2.24, 2.45) is 11.3 Å². The highest BCUT2D eigenvalue weighted by atomic mass is 32.2. The Hall–Kier alpha value is -0.620. The number of carbonyl (C=O) groups is 1. The van der Waals surface area contributed by atoms with Crippen molar-refractivity contribution >= 4 is 16.0 Å². The molecule has 5 nitrogen and oxygen atoms in total. The van der Waals surface area contributed by atoms with E-state index in [1.54, 1.807) is 0 Å². The molecule has 0 aromatic heterocycles. The topological polar surface area (TPSA) is 74.7 Å². The molecule has 6 heteroatoms. The number of carboxylic acid groups (broad SMARTS) is 1. The largest absolute Gasteiger partial charge is 0.481 e. The first-order valence-corrected chi connectivity index (χ1v) is 9.05. The van der Waals surface area contributed by atoms with Gasteiger partial charge in [-0.15, -0.1) is 0 Å². The van der Waals surface area contributed by atoms with Crippen molar-refractivity contribution in [1.29, 1.82) is 0 Å². The van der Waals surface area contributed by atoms with Gasteiger partial charge in [0.2, 0.25) is 10.0 Å². The molecule has 0 radical (unpaired) electrons. The Balaban J connectivity index is 2.67. The molecule has 1 aliphatic rings. The maximum Gasteiger partial charge on any atom is 0.309 e. The van der Waals surface area contributed by atoms with Crippen LogP contribution in [0.5, 0.6) is 0 Å².